The second kappa shape index (κ2) is 11.2. The van der Waals surface area contributed by atoms with Gasteiger partial charge in [-0.25, -0.2) is 0 Å². The average Bonchev–Trinajstić information content (AvgIpc) is 3.69. The second-order valence-corrected chi connectivity index (χ2v) is 10.3. The van der Waals surface area contributed by atoms with Gasteiger partial charge in [0.2, 0.25) is 0 Å². The van der Waals surface area contributed by atoms with Crippen molar-refractivity contribution in [2.24, 2.45) is 0 Å². The van der Waals surface area contributed by atoms with Gasteiger partial charge in [0, 0.05) is 48.7 Å². The van der Waals surface area contributed by atoms with Gasteiger partial charge in [0.1, 0.15) is 0 Å². The highest BCUT2D eigenvalue weighted by atomic mass is 16.5. The van der Waals surface area contributed by atoms with Crippen LogP contribution in [0.5, 0.6) is 0 Å². The van der Waals surface area contributed by atoms with Gasteiger partial charge in [-0.2, -0.15) is 0 Å². The van der Waals surface area contributed by atoms with Gasteiger partial charge in [-0.1, -0.05) is 84.9 Å². The van der Waals surface area contributed by atoms with Crippen LogP contribution in [0.2, 0.25) is 0 Å². The maximum atomic E-state index is 6.09. The Labute approximate surface area is 221 Å². The third kappa shape index (κ3) is 5.42. The molecule has 6 rings (SSSR count). The molecule has 3 nitrogen and oxygen atoms in total. The molecule has 2 aliphatic heterocycles. The topological polar surface area (TPSA) is 15.7 Å². The van der Waals surface area contributed by atoms with Gasteiger partial charge in [0.05, 0.1) is 13.2 Å². The zero-order valence-corrected chi connectivity index (χ0v) is 21.6. The van der Waals surface area contributed by atoms with E-state index in [-0.39, 0.29) is 0 Å². The van der Waals surface area contributed by atoms with Crippen molar-refractivity contribution in [2.75, 3.05) is 36.0 Å². The van der Waals surface area contributed by atoms with Crippen molar-refractivity contribution in [3.63, 3.8) is 0 Å². The smallest absolute Gasteiger partial charge is 0.0721 e. The molecule has 0 aromatic heterocycles. The first-order chi connectivity index (χ1) is 18.3. The number of benzene rings is 4. The molecule has 4 aromatic rings. The SMILES string of the molecule is c1ccc(N2CCCC2)c(-c2ccc(COCc3ccc(-c4ccccc4N4CCCC4)cc3)cc2)c1. The number of rotatable bonds is 8. The van der Waals surface area contributed by atoms with Crippen LogP contribution in [-0.2, 0) is 18.0 Å². The van der Waals surface area contributed by atoms with Gasteiger partial charge in [-0.05, 0) is 60.1 Å². The van der Waals surface area contributed by atoms with Gasteiger partial charge in [0.15, 0.2) is 0 Å². The molecular formula is C34H36N2O. The van der Waals surface area contributed by atoms with Crippen molar-refractivity contribution in [3.8, 4) is 22.3 Å². The average molecular weight is 489 g/mol. The molecule has 0 spiro atoms. The molecule has 2 saturated heterocycles. The third-order valence-electron chi connectivity index (χ3n) is 7.77. The first-order valence-electron chi connectivity index (χ1n) is 13.8. The van der Waals surface area contributed by atoms with Crippen LogP contribution in [0.25, 0.3) is 22.3 Å². The molecule has 37 heavy (non-hydrogen) atoms. The van der Waals surface area contributed by atoms with E-state index >= 15 is 0 Å². The lowest BCUT2D eigenvalue weighted by Crippen LogP contribution is -2.18. The maximum Gasteiger partial charge on any atom is 0.0721 e. The molecule has 2 aliphatic rings. The molecule has 0 radical (unpaired) electrons. The molecule has 0 aliphatic carbocycles. The van der Waals surface area contributed by atoms with Gasteiger partial charge < -0.3 is 14.5 Å². The number of anilines is 2. The van der Waals surface area contributed by atoms with E-state index in [1.54, 1.807) is 0 Å². The van der Waals surface area contributed by atoms with E-state index in [1.807, 2.05) is 0 Å². The van der Waals surface area contributed by atoms with Crippen molar-refractivity contribution < 1.29 is 4.74 Å². The molecule has 188 valence electrons. The molecular weight excluding hydrogens is 452 g/mol. The molecule has 0 amide bonds. The molecule has 0 bridgehead atoms. The summed E-state index contributed by atoms with van der Waals surface area (Å²) in [7, 11) is 0. The fraction of sp³-hybridized carbons (Fsp3) is 0.294. The van der Waals surface area contributed by atoms with Crippen LogP contribution in [0, 0.1) is 0 Å². The van der Waals surface area contributed by atoms with Crippen molar-refractivity contribution in [1.82, 2.24) is 0 Å². The maximum absolute atomic E-state index is 6.09. The molecule has 0 atom stereocenters. The number of hydrogen-bond acceptors (Lipinski definition) is 3. The van der Waals surface area contributed by atoms with Gasteiger partial charge >= 0.3 is 0 Å². The summed E-state index contributed by atoms with van der Waals surface area (Å²) >= 11 is 0. The summed E-state index contributed by atoms with van der Waals surface area (Å²) in [6.45, 7) is 5.88. The fourth-order valence-electron chi connectivity index (χ4n) is 5.75. The zero-order valence-electron chi connectivity index (χ0n) is 21.6. The Hall–Kier alpha value is -3.56. The van der Waals surface area contributed by atoms with Crippen molar-refractivity contribution in [3.05, 3.63) is 108 Å². The summed E-state index contributed by atoms with van der Waals surface area (Å²) in [5.74, 6) is 0. The monoisotopic (exact) mass is 488 g/mol. The van der Waals surface area contributed by atoms with Crippen molar-refractivity contribution in [1.29, 1.82) is 0 Å². The lowest BCUT2D eigenvalue weighted by atomic mass is 10.0. The number of para-hydroxylation sites is 2. The third-order valence-corrected chi connectivity index (χ3v) is 7.77. The Balaban J connectivity index is 1.07. The van der Waals surface area contributed by atoms with Gasteiger partial charge in [-0.3, -0.25) is 0 Å². The summed E-state index contributed by atoms with van der Waals surface area (Å²) in [6, 6.07) is 35.3. The molecule has 3 heteroatoms. The van der Waals surface area contributed by atoms with Crippen LogP contribution < -0.4 is 9.80 Å². The Morgan fingerprint density at radius 2 is 0.838 bits per heavy atom. The van der Waals surface area contributed by atoms with E-state index in [2.05, 4.69) is 107 Å². The van der Waals surface area contributed by atoms with Crippen LogP contribution >= 0.6 is 0 Å². The largest absolute Gasteiger partial charge is 0.372 e. The molecule has 0 unspecified atom stereocenters. The lowest BCUT2D eigenvalue weighted by molar-refractivity contribution is 0.107. The van der Waals surface area contributed by atoms with Crippen molar-refractivity contribution >= 4 is 11.4 Å². The van der Waals surface area contributed by atoms with Crippen LogP contribution in [-0.4, -0.2) is 26.2 Å². The fourth-order valence-corrected chi connectivity index (χ4v) is 5.75. The summed E-state index contributed by atoms with van der Waals surface area (Å²) in [4.78, 5) is 5.03. The quantitative estimate of drug-likeness (QED) is 0.250. The summed E-state index contributed by atoms with van der Waals surface area (Å²) in [5, 5.41) is 0. The minimum atomic E-state index is 0.619. The minimum absolute atomic E-state index is 0.619. The highest BCUT2D eigenvalue weighted by Crippen LogP contribution is 2.34. The molecule has 4 aromatic carbocycles. The zero-order chi connectivity index (χ0) is 24.9. The van der Waals surface area contributed by atoms with E-state index in [9.17, 15) is 0 Å². The van der Waals surface area contributed by atoms with E-state index < -0.39 is 0 Å². The lowest BCUT2D eigenvalue weighted by Gasteiger charge is -2.21. The normalized spacial score (nSPS) is 15.5. The van der Waals surface area contributed by atoms with Crippen LogP contribution in [0.4, 0.5) is 11.4 Å². The summed E-state index contributed by atoms with van der Waals surface area (Å²) in [5.41, 5.74) is 10.3. The molecule has 0 saturated carbocycles. The first-order valence-corrected chi connectivity index (χ1v) is 13.8. The Bertz CT molecular complexity index is 1200. The number of ether oxygens (including phenoxy) is 1. The van der Waals surface area contributed by atoms with Gasteiger partial charge in [0.25, 0.3) is 0 Å². The van der Waals surface area contributed by atoms with Crippen molar-refractivity contribution in [2.45, 2.75) is 38.9 Å². The highest BCUT2D eigenvalue weighted by molar-refractivity contribution is 5.80. The van der Waals surface area contributed by atoms with E-state index in [0.717, 1.165) is 26.2 Å². The predicted octanol–water partition coefficient (Wildman–Crippen LogP) is 7.94. The van der Waals surface area contributed by atoms with Gasteiger partial charge in [-0.15, -0.1) is 0 Å². The van der Waals surface area contributed by atoms with Crippen LogP contribution in [0.1, 0.15) is 36.8 Å². The number of hydrogen-bond donors (Lipinski definition) is 0. The number of nitrogens with zero attached hydrogens (tertiary/aromatic N) is 2. The summed E-state index contributed by atoms with van der Waals surface area (Å²) in [6.07, 6.45) is 5.16. The molecule has 2 heterocycles. The van der Waals surface area contributed by atoms with E-state index in [0.29, 0.717) is 13.2 Å². The highest BCUT2D eigenvalue weighted by Gasteiger charge is 2.17. The Morgan fingerprint density at radius 1 is 0.459 bits per heavy atom. The predicted molar refractivity (Wildman–Crippen MR) is 155 cm³/mol. The molecule has 2 fully saturated rings. The van der Waals surface area contributed by atoms with E-state index in [4.69, 9.17) is 4.74 Å². The Morgan fingerprint density at radius 3 is 1.24 bits per heavy atom. The second-order valence-electron chi connectivity index (χ2n) is 10.3. The van der Waals surface area contributed by atoms with E-state index in [1.165, 1.54) is 70.4 Å². The van der Waals surface area contributed by atoms with Crippen LogP contribution in [0.3, 0.4) is 0 Å². The Kier molecular flexibility index (Phi) is 7.23. The van der Waals surface area contributed by atoms with Crippen LogP contribution in [0.15, 0.2) is 97.1 Å². The summed E-state index contributed by atoms with van der Waals surface area (Å²) < 4.78 is 6.09. The minimum Gasteiger partial charge on any atom is -0.372 e. The first kappa shape index (κ1) is 23.8. The standard InChI is InChI=1S/C34H36N2O/c1-3-11-33(35-21-5-6-22-35)31(9-1)29-17-13-27(14-18-29)25-37-26-28-15-19-30(20-16-28)32-10-2-4-12-34(32)36-23-7-8-24-36/h1-4,9-20H,5-8,21-26H2. The molecule has 0 N–H and O–H groups in total.